The van der Waals surface area contributed by atoms with E-state index >= 15 is 0 Å². The summed E-state index contributed by atoms with van der Waals surface area (Å²) in [6.07, 6.45) is -0.00443. The van der Waals surface area contributed by atoms with Crippen molar-refractivity contribution >= 4 is 52.2 Å². The second-order valence-electron chi connectivity index (χ2n) is 7.33. The van der Waals surface area contributed by atoms with Crippen molar-refractivity contribution in [2.24, 2.45) is 0 Å². The lowest BCUT2D eigenvalue weighted by atomic mass is 10.1. The smallest absolute Gasteiger partial charge is 0.341 e. The molecule has 3 aromatic carbocycles. The van der Waals surface area contributed by atoms with E-state index in [0.717, 1.165) is 11.1 Å². The molecule has 3 N–H and O–H groups in total. The van der Waals surface area contributed by atoms with E-state index in [1.807, 2.05) is 6.07 Å². The number of carbonyl (C=O) groups is 1. The fourth-order valence-corrected chi connectivity index (χ4v) is 4.59. The second-order valence-corrected chi connectivity index (χ2v) is 9.71. The van der Waals surface area contributed by atoms with Gasteiger partial charge in [0, 0.05) is 11.6 Å². The van der Waals surface area contributed by atoms with E-state index in [1.54, 1.807) is 42.5 Å². The third-order valence-corrected chi connectivity index (χ3v) is 6.91. The van der Waals surface area contributed by atoms with Gasteiger partial charge >= 0.3 is 5.97 Å². The number of aliphatic carboxylic acids is 1. The lowest BCUT2D eigenvalue weighted by Gasteiger charge is -2.13. The Morgan fingerprint density at radius 1 is 0.971 bits per heavy atom. The summed E-state index contributed by atoms with van der Waals surface area (Å²) in [5, 5.41) is 22.6. The van der Waals surface area contributed by atoms with Crippen molar-refractivity contribution in [1.82, 2.24) is 5.32 Å². The van der Waals surface area contributed by atoms with Crippen LogP contribution >= 0.6 is 36.4 Å². The molecule has 0 spiro atoms. The third-order valence-electron chi connectivity index (χ3n) is 4.89. The van der Waals surface area contributed by atoms with Crippen LogP contribution < -0.4 is 10.1 Å². The Bertz CT molecular complexity index is 1190. The zero-order chi connectivity index (χ0) is 23.8. The van der Waals surface area contributed by atoms with E-state index in [2.05, 4.69) is 5.32 Å². The molecule has 0 saturated heterocycles. The molecule has 0 fully saturated rings. The first-order chi connectivity index (χ1) is 15.8. The van der Waals surface area contributed by atoms with E-state index in [-0.39, 0.29) is 40.4 Å². The van der Waals surface area contributed by atoms with Gasteiger partial charge in [0.15, 0.2) is 6.61 Å². The van der Waals surface area contributed by atoms with Crippen molar-refractivity contribution in [1.29, 1.82) is 0 Å². The van der Waals surface area contributed by atoms with E-state index in [1.165, 1.54) is 24.3 Å². The number of aliphatic hydroxyl groups excluding tert-OH is 1. The van der Waals surface area contributed by atoms with Crippen LogP contribution in [0.15, 0.2) is 82.6 Å². The van der Waals surface area contributed by atoms with Crippen molar-refractivity contribution in [2.45, 2.75) is 22.3 Å². The maximum atomic E-state index is 12.8. The summed E-state index contributed by atoms with van der Waals surface area (Å²) in [4.78, 5) is 10.8. The van der Waals surface area contributed by atoms with E-state index in [4.69, 9.17) is 21.4 Å². The lowest BCUT2D eigenvalue weighted by Crippen LogP contribution is -2.23. The van der Waals surface area contributed by atoms with Gasteiger partial charge in [-0.15, -0.1) is 24.8 Å². The lowest BCUT2D eigenvalue weighted by molar-refractivity contribution is -0.139. The van der Waals surface area contributed by atoms with Crippen LogP contribution in [0.4, 0.5) is 0 Å². The van der Waals surface area contributed by atoms with Crippen LogP contribution in [0.1, 0.15) is 17.2 Å². The highest BCUT2D eigenvalue weighted by atomic mass is 35.5. The Balaban J connectivity index is 0.00000306. The molecule has 0 heterocycles. The Labute approximate surface area is 221 Å². The molecule has 11 heteroatoms. The molecule has 0 aliphatic carbocycles. The molecule has 3 rings (SSSR count). The predicted octanol–water partition coefficient (Wildman–Crippen LogP) is 4.35. The normalized spacial score (nSPS) is 11.6. The average Bonchev–Trinajstić information content (AvgIpc) is 2.81. The number of nitrogens with one attached hydrogen (secondary N) is 1. The van der Waals surface area contributed by atoms with Gasteiger partial charge in [-0.25, -0.2) is 13.2 Å². The standard InChI is InChI=1S/C24H24ClNO6S.2ClH/c25-19-3-1-2-18(14-19)23(27)15-26-13-12-17-4-8-21(9-5-17)33(30,31)22-10-6-20(7-11-22)32-16-24(28)29;;/h1-11,14,23,26-27H,12-13,15-16H2,(H,28,29);2*1H/t23-;;/m0../s1. The van der Waals surface area contributed by atoms with Crippen LogP contribution in [0.5, 0.6) is 5.75 Å². The number of carboxylic acids is 1. The first-order valence-corrected chi connectivity index (χ1v) is 12.0. The molecule has 35 heavy (non-hydrogen) atoms. The molecule has 0 amide bonds. The number of benzene rings is 3. The Hall–Kier alpha value is -2.33. The van der Waals surface area contributed by atoms with Crippen molar-refractivity contribution in [3.63, 3.8) is 0 Å². The first-order valence-electron chi connectivity index (χ1n) is 10.2. The molecule has 3 aromatic rings. The number of aliphatic hydroxyl groups is 1. The van der Waals surface area contributed by atoms with Gasteiger partial charge in [0.1, 0.15) is 5.75 Å². The van der Waals surface area contributed by atoms with Crippen LogP contribution in [0, 0.1) is 0 Å². The van der Waals surface area contributed by atoms with Crippen LogP contribution in [0.2, 0.25) is 5.02 Å². The van der Waals surface area contributed by atoms with Crippen molar-refractivity contribution in [2.75, 3.05) is 19.7 Å². The van der Waals surface area contributed by atoms with Gasteiger partial charge in [-0.1, -0.05) is 35.9 Å². The van der Waals surface area contributed by atoms with Crippen LogP contribution in [-0.4, -0.2) is 44.3 Å². The summed E-state index contributed by atoms with van der Waals surface area (Å²) in [6, 6.07) is 19.3. The molecular weight excluding hydrogens is 537 g/mol. The highest BCUT2D eigenvalue weighted by Gasteiger charge is 2.17. The molecule has 0 aliphatic rings. The highest BCUT2D eigenvalue weighted by molar-refractivity contribution is 7.91. The average molecular weight is 563 g/mol. The fraction of sp³-hybridized carbons (Fsp3) is 0.208. The minimum atomic E-state index is -3.71. The molecular formula is C24H26Cl3NO6S. The van der Waals surface area contributed by atoms with Crippen molar-refractivity contribution < 1.29 is 28.2 Å². The van der Waals surface area contributed by atoms with Gasteiger partial charge in [-0.3, -0.25) is 0 Å². The summed E-state index contributed by atoms with van der Waals surface area (Å²) in [6.45, 7) is 0.489. The van der Waals surface area contributed by atoms with Gasteiger partial charge in [-0.05, 0) is 72.6 Å². The quantitative estimate of drug-likeness (QED) is 0.298. The zero-order valence-electron chi connectivity index (χ0n) is 18.5. The number of carboxylic acid groups (broad SMARTS) is 1. The second kappa shape index (κ2) is 14.3. The SMILES string of the molecule is Cl.Cl.O=C(O)COc1ccc(S(=O)(=O)c2ccc(CCNC[C@H](O)c3cccc(Cl)c3)cc2)cc1. The number of ether oxygens (including phenoxy) is 1. The number of halogens is 3. The van der Waals surface area contributed by atoms with Crippen molar-refractivity contribution in [3.8, 4) is 5.75 Å². The Morgan fingerprint density at radius 2 is 1.57 bits per heavy atom. The Morgan fingerprint density at radius 3 is 2.14 bits per heavy atom. The van der Waals surface area contributed by atoms with Crippen molar-refractivity contribution in [3.05, 3.63) is 88.9 Å². The molecule has 0 aliphatic heterocycles. The molecule has 0 bridgehead atoms. The highest BCUT2D eigenvalue weighted by Crippen LogP contribution is 2.23. The van der Waals surface area contributed by atoms with E-state index < -0.39 is 28.5 Å². The molecule has 7 nitrogen and oxygen atoms in total. The number of hydrogen-bond donors (Lipinski definition) is 3. The van der Waals surface area contributed by atoms with E-state index in [9.17, 15) is 18.3 Å². The van der Waals surface area contributed by atoms with Gasteiger partial charge in [0.25, 0.3) is 0 Å². The topological polar surface area (TPSA) is 113 Å². The van der Waals surface area contributed by atoms with Crippen LogP contribution in [0.25, 0.3) is 0 Å². The maximum absolute atomic E-state index is 12.8. The minimum absolute atomic E-state index is 0. The van der Waals surface area contributed by atoms with E-state index in [0.29, 0.717) is 24.5 Å². The zero-order valence-corrected chi connectivity index (χ0v) is 21.7. The summed E-state index contributed by atoms with van der Waals surface area (Å²) >= 11 is 5.94. The summed E-state index contributed by atoms with van der Waals surface area (Å²) in [5.74, 6) is -0.834. The van der Waals surface area contributed by atoms with Gasteiger partial charge in [0.05, 0.1) is 15.9 Å². The maximum Gasteiger partial charge on any atom is 0.341 e. The van der Waals surface area contributed by atoms with Crippen LogP contribution in [0.3, 0.4) is 0 Å². The number of hydrogen-bond acceptors (Lipinski definition) is 6. The molecule has 1 atom stereocenters. The van der Waals surface area contributed by atoms with Gasteiger partial charge in [0.2, 0.25) is 9.84 Å². The molecule has 0 unspecified atom stereocenters. The fourth-order valence-electron chi connectivity index (χ4n) is 3.13. The molecule has 0 radical (unpaired) electrons. The molecule has 190 valence electrons. The summed E-state index contributed by atoms with van der Waals surface area (Å²) in [7, 11) is -3.71. The number of sulfone groups is 1. The number of rotatable bonds is 11. The molecule has 0 aromatic heterocycles. The van der Waals surface area contributed by atoms with Gasteiger partial charge < -0.3 is 20.3 Å². The monoisotopic (exact) mass is 561 g/mol. The minimum Gasteiger partial charge on any atom is -0.482 e. The molecule has 0 saturated carbocycles. The predicted molar refractivity (Wildman–Crippen MR) is 139 cm³/mol. The first kappa shape index (κ1) is 30.7. The third kappa shape index (κ3) is 9.00. The summed E-state index contributed by atoms with van der Waals surface area (Å²) < 4.78 is 30.7. The van der Waals surface area contributed by atoms with Gasteiger partial charge in [-0.2, -0.15) is 0 Å². The summed E-state index contributed by atoms with van der Waals surface area (Å²) in [5.41, 5.74) is 1.70. The van der Waals surface area contributed by atoms with Crippen LogP contribution in [-0.2, 0) is 21.1 Å². The largest absolute Gasteiger partial charge is 0.482 e. The Kier molecular flexibility index (Phi) is 12.5.